The highest BCUT2D eigenvalue weighted by Crippen LogP contribution is 2.29. The Labute approximate surface area is 185 Å². The van der Waals surface area contributed by atoms with Gasteiger partial charge in [0.25, 0.3) is 11.5 Å². The zero-order valence-corrected chi connectivity index (χ0v) is 18.8. The fraction of sp³-hybridized carbons (Fsp3) is 0.435. The maximum absolute atomic E-state index is 13.0. The van der Waals surface area contributed by atoms with Gasteiger partial charge in [0.15, 0.2) is 0 Å². The van der Waals surface area contributed by atoms with Gasteiger partial charge in [0.05, 0.1) is 10.3 Å². The van der Waals surface area contributed by atoms with Crippen molar-refractivity contribution in [2.24, 2.45) is 0 Å². The van der Waals surface area contributed by atoms with Gasteiger partial charge in [0.1, 0.15) is 10.7 Å². The molecule has 2 aliphatic rings. The van der Waals surface area contributed by atoms with E-state index in [-0.39, 0.29) is 11.5 Å². The first kappa shape index (κ1) is 20.2. The van der Waals surface area contributed by atoms with Crippen molar-refractivity contribution in [1.82, 2.24) is 19.8 Å². The number of hydrogen-bond donors (Lipinski definition) is 1. The molecular formula is C23H27N5O2S. The van der Waals surface area contributed by atoms with E-state index in [0.717, 1.165) is 62.5 Å². The van der Waals surface area contributed by atoms with Crippen molar-refractivity contribution in [2.45, 2.75) is 32.9 Å². The van der Waals surface area contributed by atoms with Crippen molar-refractivity contribution in [2.75, 3.05) is 38.1 Å². The van der Waals surface area contributed by atoms with Crippen LogP contribution in [0.4, 0.5) is 5.69 Å². The quantitative estimate of drug-likeness (QED) is 0.679. The molecular weight excluding hydrogens is 410 g/mol. The van der Waals surface area contributed by atoms with Crippen molar-refractivity contribution in [3.63, 3.8) is 0 Å². The van der Waals surface area contributed by atoms with Gasteiger partial charge in [-0.1, -0.05) is 18.2 Å². The van der Waals surface area contributed by atoms with E-state index in [4.69, 9.17) is 0 Å². The summed E-state index contributed by atoms with van der Waals surface area (Å²) in [6, 6.07) is 8.26. The van der Waals surface area contributed by atoms with Gasteiger partial charge in [-0.05, 0) is 37.6 Å². The van der Waals surface area contributed by atoms with Gasteiger partial charge in [0, 0.05) is 51.4 Å². The van der Waals surface area contributed by atoms with Crippen molar-refractivity contribution in [3.8, 4) is 0 Å². The first-order valence-electron chi connectivity index (χ1n) is 10.9. The van der Waals surface area contributed by atoms with Crippen molar-refractivity contribution in [1.29, 1.82) is 0 Å². The topological polar surface area (TPSA) is 70.5 Å². The van der Waals surface area contributed by atoms with Crippen LogP contribution in [0.25, 0.3) is 10.2 Å². The summed E-state index contributed by atoms with van der Waals surface area (Å²) in [5, 5.41) is 3.68. The monoisotopic (exact) mass is 437 g/mol. The SMILES string of the molecule is Cc1c(C(=O)NCc2ccccc2N2CCN(C)CC2)sc2nc3n(c(=O)c12)CCC3. The molecule has 0 aliphatic carbocycles. The number of piperazine rings is 1. The van der Waals surface area contributed by atoms with Crippen LogP contribution in [0.1, 0.15) is 33.0 Å². The number of carbonyl (C=O) groups excluding carboxylic acids is 1. The summed E-state index contributed by atoms with van der Waals surface area (Å²) in [6.07, 6.45) is 1.78. The molecule has 2 aliphatic heterocycles. The van der Waals surface area contributed by atoms with E-state index < -0.39 is 0 Å². The van der Waals surface area contributed by atoms with E-state index in [1.54, 1.807) is 4.57 Å². The second kappa shape index (κ2) is 8.09. The Bertz CT molecular complexity index is 1210. The Hall–Kier alpha value is -2.71. The number of amides is 1. The van der Waals surface area contributed by atoms with Crippen molar-refractivity contribution < 1.29 is 4.79 Å². The zero-order valence-electron chi connectivity index (χ0n) is 18.0. The third kappa shape index (κ3) is 3.64. The second-order valence-electron chi connectivity index (χ2n) is 8.43. The van der Waals surface area contributed by atoms with Crippen LogP contribution in [0.15, 0.2) is 29.1 Å². The van der Waals surface area contributed by atoms with Crippen LogP contribution in [0.2, 0.25) is 0 Å². The minimum atomic E-state index is -0.141. The number of thiophene rings is 1. The fourth-order valence-electron chi connectivity index (χ4n) is 4.56. The highest BCUT2D eigenvalue weighted by molar-refractivity contribution is 7.20. The summed E-state index contributed by atoms with van der Waals surface area (Å²) >= 11 is 1.33. The molecule has 4 heterocycles. The molecule has 2 aromatic heterocycles. The average Bonchev–Trinajstić information content (AvgIpc) is 3.38. The summed E-state index contributed by atoms with van der Waals surface area (Å²) in [7, 11) is 2.14. The standard InChI is InChI=1S/C23H27N5O2S/c1-15-19-22(25-18-8-5-9-28(18)23(19)30)31-20(15)21(29)24-14-16-6-3-4-7-17(16)27-12-10-26(2)11-13-27/h3-4,6-7H,5,8-14H2,1-2H3,(H,24,29). The Morgan fingerprint density at radius 2 is 1.94 bits per heavy atom. The van der Waals surface area contributed by atoms with E-state index in [1.807, 2.05) is 19.1 Å². The summed E-state index contributed by atoms with van der Waals surface area (Å²) < 4.78 is 1.76. The lowest BCUT2D eigenvalue weighted by atomic mass is 10.1. The number of para-hydroxylation sites is 1. The molecule has 5 rings (SSSR count). The first-order chi connectivity index (χ1) is 15.0. The van der Waals surface area contributed by atoms with Crippen LogP contribution in [0, 0.1) is 6.92 Å². The number of likely N-dealkylation sites (N-methyl/N-ethyl adjacent to an activating group) is 1. The van der Waals surface area contributed by atoms with E-state index >= 15 is 0 Å². The molecule has 3 aromatic rings. The van der Waals surface area contributed by atoms with Crippen LogP contribution in [0.5, 0.6) is 0 Å². The van der Waals surface area contributed by atoms with Gasteiger partial charge >= 0.3 is 0 Å². The van der Waals surface area contributed by atoms with Gasteiger partial charge in [-0.2, -0.15) is 0 Å². The Balaban J connectivity index is 1.37. The third-order valence-electron chi connectivity index (χ3n) is 6.39. The summed E-state index contributed by atoms with van der Waals surface area (Å²) in [6.45, 7) is 7.07. The summed E-state index contributed by atoms with van der Waals surface area (Å²) in [5.74, 6) is 0.699. The molecule has 0 spiro atoms. The minimum absolute atomic E-state index is 0.00860. The largest absolute Gasteiger partial charge is 0.369 e. The lowest BCUT2D eigenvalue weighted by molar-refractivity contribution is 0.0954. The van der Waals surface area contributed by atoms with E-state index in [1.165, 1.54) is 17.0 Å². The number of aromatic nitrogens is 2. The number of rotatable bonds is 4. The van der Waals surface area contributed by atoms with Crippen molar-refractivity contribution in [3.05, 3.63) is 56.4 Å². The van der Waals surface area contributed by atoms with Gasteiger partial charge < -0.3 is 15.1 Å². The summed E-state index contributed by atoms with van der Waals surface area (Å²) in [4.78, 5) is 36.6. The molecule has 0 radical (unpaired) electrons. The van der Waals surface area contributed by atoms with Gasteiger partial charge in [-0.3, -0.25) is 14.2 Å². The van der Waals surface area contributed by atoms with Crippen molar-refractivity contribution >= 4 is 33.1 Å². The Morgan fingerprint density at radius 1 is 1.16 bits per heavy atom. The highest BCUT2D eigenvalue weighted by atomic mass is 32.1. The molecule has 162 valence electrons. The number of nitrogens with zero attached hydrogens (tertiary/aromatic N) is 4. The van der Waals surface area contributed by atoms with Crippen LogP contribution in [-0.4, -0.2) is 53.6 Å². The predicted octanol–water partition coefficient (Wildman–Crippen LogP) is 2.39. The number of hydrogen-bond acceptors (Lipinski definition) is 6. The lowest BCUT2D eigenvalue weighted by Gasteiger charge is -2.35. The molecule has 1 saturated heterocycles. The molecule has 8 heteroatoms. The van der Waals surface area contributed by atoms with Crippen LogP contribution >= 0.6 is 11.3 Å². The van der Waals surface area contributed by atoms with E-state index in [2.05, 4.69) is 39.3 Å². The molecule has 7 nitrogen and oxygen atoms in total. The molecule has 1 fully saturated rings. The smallest absolute Gasteiger partial charge is 0.262 e. The van der Waals surface area contributed by atoms with E-state index in [0.29, 0.717) is 21.6 Å². The number of fused-ring (bicyclic) bond motifs is 2. The minimum Gasteiger partial charge on any atom is -0.369 e. The van der Waals surface area contributed by atoms with Crippen LogP contribution in [-0.2, 0) is 19.5 Å². The molecule has 0 unspecified atom stereocenters. The molecule has 1 aromatic carbocycles. The van der Waals surface area contributed by atoms with Gasteiger partial charge in [-0.15, -0.1) is 11.3 Å². The molecule has 0 saturated carbocycles. The average molecular weight is 438 g/mol. The number of benzene rings is 1. The molecule has 1 N–H and O–H groups in total. The summed E-state index contributed by atoms with van der Waals surface area (Å²) in [5.41, 5.74) is 3.02. The Morgan fingerprint density at radius 3 is 2.74 bits per heavy atom. The van der Waals surface area contributed by atoms with E-state index in [9.17, 15) is 9.59 Å². The highest BCUT2D eigenvalue weighted by Gasteiger charge is 2.23. The predicted molar refractivity (Wildman–Crippen MR) is 124 cm³/mol. The molecule has 0 bridgehead atoms. The molecule has 0 atom stereocenters. The number of aryl methyl sites for hydroxylation is 2. The molecule has 31 heavy (non-hydrogen) atoms. The maximum atomic E-state index is 13.0. The Kier molecular flexibility index (Phi) is 5.27. The number of nitrogens with one attached hydrogen (secondary N) is 1. The third-order valence-corrected chi connectivity index (χ3v) is 7.58. The maximum Gasteiger partial charge on any atom is 0.262 e. The zero-order chi connectivity index (χ0) is 21.5. The lowest BCUT2D eigenvalue weighted by Crippen LogP contribution is -2.45. The van der Waals surface area contributed by atoms with Gasteiger partial charge in [0.2, 0.25) is 0 Å². The fourth-order valence-corrected chi connectivity index (χ4v) is 5.67. The van der Waals surface area contributed by atoms with Crippen LogP contribution < -0.4 is 15.8 Å². The second-order valence-corrected chi connectivity index (χ2v) is 9.43. The number of carbonyl (C=O) groups is 1. The first-order valence-corrected chi connectivity index (χ1v) is 11.7. The number of anilines is 1. The molecule has 1 amide bonds. The van der Waals surface area contributed by atoms with Crippen LogP contribution in [0.3, 0.4) is 0 Å². The van der Waals surface area contributed by atoms with Gasteiger partial charge in [-0.25, -0.2) is 4.98 Å². The normalized spacial score (nSPS) is 16.6.